The van der Waals surface area contributed by atoms with Crippen LogP contribution in [0.3, 0.4) is 0 Å². The number of sulfonamides is 1. The summed E-state index contributed by atoms with van der Waals surface area (Å²) < 4.78 is 31.3. The predicted molar refractivity (Wildman–Crippen MR) is 78.4 cm³/mol. The van der Waals surface area contributed by atoms with E-state index >= 15 is 0 Å². The number of nitrogens with zero attached hydrogens (tertiary/aromatic N) is 3. The van der Waals surface area contributed by atoms with E-state index in [1.165, 1.54) is 0 Å². The Morgan fingerprint density at radius 3 is 2.86 bits per heavy atom. The topological polar surface area (TPSA) is 76.3 Å². The lowest BCUT2D eigenvalue weighted by Gasteiger charge is -2.24. The van der Waals surface area contributed by atoms with Crippen LogP contribution in [0.5, 0.6) is 0 Å². The quantitative estimate of drug-likeness (QED) is 0.848. The summed E-state index contributed by atoms with van der Waals surface area (Å²) in [6, 6.07) is 0. The Balaban J connectivity index is 1.94. The van der Waals surface area contributed by atoms with Crippen molar-refractivity contribution in [3.05, 3.63) is 11.7 Å². The highest BCUT2D eigenvalue weighted by molar-refractivity contribution is 7.89. The molecule has 1 aliphatic carbocycles. The van der Waals surface area contributed by atoms with Crippen molar-refractivity contribution >= 4 is 10.0 Å². The van der Waals surface area contributed by atoms with E-state index < -0.39 is 10.0 Å². The van der Waals surface area contributed by atoms with Gasteiger partial charge in [-0.2, -0.15) is 4.98 Å². The van der Waals surface area contributed by atoms with Gasteiger partial charge in [0.2, 0.25) is 15.9 Å². The molecule has 6 nitrogen and oxygen atoms in total. The first-order valence-electron chi connectivity index (χ1n) is 7.71. The highest BCUT2D eigenvalue weighted by Gasteiger charge is 2.55. The summed E-state index contributed by atoms with van der Waals surface area (Å²) in [7, 11) is -3.15. The van der Waals surface area contributed by atoms with Crippen molar-refractivity contribution in [2.75, 3.05) is 18.8 Å². The largest absolute Gasteiger partial charge is 0.339 e. The second-order valence-corrected chi connectivity index (χ2v) is 8.81. The fraction of sp³-hybridized carbons (Fsp3) is 0.857. The molecule has 0 amide bonds. The van der Waals surface area contributed by atoms with Gasteiger partial charge in [-0.25, -0.2) is 12.7 Å². The van der Waals surface area contributed by atoms with Crippen molar-refractivity contribution in [1.82, 2.24) is 14.4 Å². The Morgan fingerprint density at radius 1 is 1.48 bits per heavy atom. The van der Waals surface area contributed by atoms with Gasteiger partial charge < -0.3 is 4.52 Å². The summed E-state index contributed by atoms with van der Waals surface area (Å²) in [6.45, 7) is 6.83. The average Bonchev–Trinajstić information content (AvgIpc) is 3.11. The predicted octanol–water partition coefficient (Wildman–Crippen LogP) is 1.90. The third kappa shape index (κ3) is 2.30. The first-order chi connectivity index (χ1) is 9.89. The standard InChI is InChI=1S/C14H23N3O3S/c1-4-21(18,19)17-8-11-6-5-7-14(11,9-17)13-15-12(10(2)3)20-16-13/h10-11H,4-9H2,1-3H3/t11-,14-/m1/s1. The van der Waals surface area contributed by atoms with E-state index in [0.29, 0.717) is 30.7 Å². The lowest BCUT2D eigenvalue weighted by Crippen LogP contribution is -2.36. The van der Waals surface area contributed by atoms with E-state index in [2.05, 4.69) is 10.1 Å². The number of rotatable bonds is 4. The van der Waals surface area contributed by atoms with Crippen LogP contribution in [-0.2, 0) is 15.4 Å². The minimum Gasteiger partial charge on any atom is -0.339 e. The molecule has 0 N–H and O–H groups in total. The number of aromatic nitrogens is 2. The number of hydrogen-bond donors (Lipinski definition) is 0. The molecule has 0 spiro atoms. The molecule has 2 fully saturated rings. The summed E-state index contributed by atoms with van der Waals surface area (Å²) in [6.07, 6.45) is 3.10. The molecule has 0 bridgehead atoms. The smallest absolute Gasteiger partial charge is 0.229 e. The fourth-order valence-corrected chi connectivity index (χ4v) is 4.87. The molecule has 0 aromatic carbocycles. The molecule has 1 saturated heterocycles. The summed E-state index contributed by atoms with van der Waals surface area (Å²) in [5.41, 5.74) is -0.237. The molecule has 1 aromatic rings. The molecule has 2 heterocycles. The third-order valence-corrected chi connectivity index (χ3v) is 6.77. The number of hydrogen-bond acceptors (Lipinski definition) is 5. The van der Waals surface area contributed by atoms with Gasteiger partial charge in [-0.05, 0) is 25.7 Å². The van der Waals surface area contributed by atoms with E-state index in [0.717, 1.165) is 19.3 Å². The molecule has 0 radical (unpaired) electrons. The summed E-state index contributed by atoms with van der Waals surface area (Å²) in [5.74, 6) is 2.01. The molecule has 3 rings (SSSR count). The molecule has 1 saturated carbocycles. The van der Waals surface area contributed by atoms with Crippen LogP contribution in [-0.4, -0.2) is 41.7 Å². The van der Waals surface area contributed by atoms with Crippen LogP contribution >= 0.6 is 0 Å². The summed E-state index contributed by atoms with van der Waals surface area (Å²) in [5, 5.41) is 4.19. The van der Waals surface area contributed by atoms with Crippen LogP contribution in [0.4, 0.5) is 0 Å². The van der Waals surface area contributed by atoms with Crippen molar-refractivity contribution in [1.29, 1.82) is 0 Å². The zero-order valence-electron chi connectivity index (χ0n) is 12.9. The van der Waals surface area contributed by atoms with Gasteiger partial charge in [0.25, 0.3) is 0 Å². The van der Waals surface area contributed by atoms with E-state index in [4.69, 9.17) is 4.52 Å². The van der Waals surface area contributed by atoms with Crippen molar-refractivity contribution in [2.45, 2.75) is 51.4 Å². The van der Waals surface area contributed by atoms with Gasteiger partial charge in [-0.1, -0.05) is 25.4 Å². The normalized spacial score (nSPS) is 30.2. The van der Waals surface area contributed by atoms with Gasteiger partial charge in [-0.15, -0.1) is 0 Å². The van der Waals surface area contributed by atoms with Gasteiger partial charge >= 0.3 is 0 Å². The van der Waals surface area contributed by atoms with Crippen LogP contribution in [0.1, 0.15) is 57.7 Å². The highest BCUT2D eigenvalue weighted by Crippen LogP contribution is 2.50. The first-order valence-corrected chi connectivity index (χ1v) is 9.32. The molecule has 118 valence electrons. The van der Waals surface area contributed by atoms with Gasteiger partial charge in [0.1, 0.15) is 0 Å². The van der Waals surface area contributed by atoms with Crippen LogP contribution in [0, 0.1) is 5.92 Å². The fourth-order valence-electron chi connectivity index (χ4n) is 3.68. The Kier molecular flexibility index (Phi) is 3.60. The lowest BCUT2D eigenvalue weighted by atomic mass is 9.80. The van der Waals surface area contributed by atoms with Gasteiger partial charge in [0.15, 0.2) is 5.82 Å². The van der Waals surface area contributed by atoms with Crippen LogP contribution in [0.15, 0.2) is 4.52 Å². The molecule has 2 aliphatic rings. The molecular weight excluding hydrogens is 290 g/mol. The zero-order valence-corrected chi connectivity index (χ0v) is 13.7. The van der Waals surface area contributed by atoms with Gasteiger partial charge in [-0.3, -0.25) is 0 Å². The van der Waals surface area contributed by atoms with Crippen molar-refractivity contribution in [3.63, 3.8) is 0 Å². The summed E-state index contributed by atoms with van der Waals surface area (Å²) in [4.78, 5) is 4.57. The monoisotopic (exact) mass is 313 g/mol. The Bertz CT molecular complexity index is 625. The molecule has 1 aliphatic heterocycles. The molecule has 2 atom stereocenters. The Hall–Kier alpha value is -0.950. The molecule has 0 unspecified atom stereocenters. The minimum atomic E-state index is -3.15. The van der Waals surface area contributed by atoms with Crippen molar-refractivity contribution in [2.24, 2.45) is 5.92 Å². The van der Waals surface area contributed by atoms with Crippen LogP contribution in [0.25, 0.3) is 0 Å². The van der Waals surface area contributed by atoms with Crippen LogP contribution < -0.4 is 0 Å². The van der Waals surface area contributed by atoms with E-state index in [-0.39, 0.29) is 17.1 Å². The highest BCUT2D eigenvalue weighted by atomic mass is 32.2. The second kappa shape index (κ2) is 5.05. The van der Waals surface area contributed by atoms with E-state index in [9.17, 15) is 8.42 Å². The van der Waals surface area contributed by atoms with E-state index in [1.54, 1.807) is 11.2 Å². The maximum Gasteiger partial charge on any atom is 0.229 e. The Morgan fingerprint density at radius 2 is 2.24 bits per heavy atom. The molecule has 7 heteroatoms. The summed E-state index contributed by atoms with van der Waals surface area (Å²) >= 11 is 0. The minimum absolute atomic E-state index is 0.152. The SMILES string of the molecule is CCS(=O)(=O)N1C[C@H]2CCC[C@@]2(c2noc(C(C)C)n2)C1. The molecule has 1 aromatic heterocycles. The first kappa shape index (κ1) is 15.0. The maximum atomic E-state index is 12.2. The zero-order chi connectivity index (χ0) is 15.3. The van der Waals surface area contributed by atoms with Crippen LogP contribution in [0.2, 0.25) is 0 Å². The van der Waals surface area contributed by atoms with Crippen molar-refractivity contribution < 1.29 is 12.9 Å². The lowest BCUT2D eigenvalue weighted by molar-refractivity contribution is 0.324. The van der Waals surface area contributed by atoms with E-state index in [1.807, 2.05) is 13.8 Å². The van der Waals surface area contributed by atoms with Gasteiger partial charge in [0, 0.05) is 19.0 Å². The molecule has 21 heavy (non-hydrogen) atoms. The van der Waals surface area contributed by atoms with Crippen molar-refractivity contribution in [3.8, 4) is 0 Å². The maximum absolute atomic E-state index is 12.2. The molecular formula is C14H23N3O3S. The second-order valence-electron chi connectivity index (χ2n) is 6.55. The van der Waals surface area contributed by atoms with Gasteiger partial charge in [0.05, 0.1) is 11.2 Å². The Labute approximate surface area is 126 Å². The third-order valence-electron chi connectivity index (χ3n) is 4.98. The average molecular weight is 313 g/mol. The number of fused-ring (bicyclic) bond motifs is 1.